The standard InChI is InChI=1S/C17H18N2O4/c1-22-15-10-12(2-5-14(15)20)4-7-17(21)23-9-8-13-3-6-16(18)19-11-13/h2-7,10-11,20H,8-9H2,1H3,(H2,18,19)/b7-4+. The van der Waals surface area contributed by atoms with Gasteiger partial charge in [0.1, 0.15) is 5.82 Å². The Kier molecular flexibility index (Phi) is 5.57. The Balaban J connectivity index is 1.83. The van der Waals surface area contributed by atoms with Gasteiger partial charge in [-0.25, -0.2) is 9.78 Å². The van der Waals surface area contributed by atoms with Crippen LogP contribution in [0.5, 0.6) is 11.5 Å². The van der Waals surface area contributed by atoms with E-state index in [1.54, 1.807) is 30.5 Å². The van der Waals surface area contributed by atoms with E-state index in [-0.39, 0.29) is 12.4 Å². The van der Waals surface area contributed by atoms with Crippen LogP contribution in [0, 0.1) is 0 Å². The summed E-state index contributed by atoms with van der Waals surface area (Å²) < 4.78 is 10.1. The number of phenols is 1. The molecule has 0 saturated heterocycles. The van der Waals surface area contributed by atoms with Gasteiger partial charge >= 0.3 is 5.97 Å². The molecule has 0 unspecified atom stereocenters. The second-order valence-electron chi connectivity index (χ2n) is 4.77. The number of esters is 1. The summed E-state index contributed by atoms with van der Waals surface area (Å²) >= 11 is 0. The Morgan fingerprint density at radius 2 is 2.17 bits per heavy atom. The van der Waals surface area contributed by atoms with Crippen molar-refractivity contribution < 1.29 is 19.4 Å². The average molecular weight is 314 g/mol. The lowest BCUT2D eigenvalue weighted by Crippen LogP contribution is -2.05. The number of hydrogen-bond acceptors (Lipinski definition) is 6. The van der Waals surface area contributed by atoms with Crippen molar-refractivity contribution in [3.63, 3.8) is 0 Å². The van der Waals surface area contributed by atoms with Gasteiger partial charge in [-0.3, -0.25) is 0 Å². The van der Waals surface area contributed by atoms with Crippen LogP contribution in [-0.2, 0) is 16.0 Å². The maximum Gasteiger partial charge on any atom is 0.330 e. The number of nitrogens with zero attached hydrogens (tertiary/aromatic N) is 1. The highest BCUT2D eigenvalue weighted by molar-refractivity contribution is 5.87. The number of phenolic OH excluding ortho intramolecular Hbond substituents is 1. The highest BCUT2D eigenvalue weighted by Crippen LogP contribution is 2.26. The Labute approximate surface area is 134 Å². The summed E-state index contributed by atoms with van der Waals surface area (Å²) in [5.41, 5.74) is 7.16. The molecule has 6 nitrogen and oxygen atoms in total. The third kappa shape index (κ3) is 5.03. The van der Waals surface area contributed by atoms with E-state index in [0.717, 1.165) is 11.1 Å². The van der Waals surface area contributed by atoms with Gasteiger partial charge in [0.15, 0.2) is 11.5 Å². The smallest absolute Gasteiger partial charge is 0.330 e. The molecular weight excluding hydrogens is 296 g/mol. The zero-order valence-electron chi connectivity index (χ0n) is 12.7. The van der Waals surface area contributed by atoms with E-state index >= 15 is 0 Å². The van der Waals surface area contributed by atoms with Gasteiger partial charge in [0, 0.05) is 18.7 Å². The summed E-state index contributed by atoms with van der Waals surface area (Å²) in [7, 11) is 1.46. The molecule has 0 aliphatic rings. The number of nitrogens with two attached hydrogens (primary N) is 1. The minimum atomic E-state index is -0.444. The number of benzene rings is 1. The molecular formula is C17H18N2O4. The van der Waals surface area contributed by atoms with Gasteiger partial charge in [0.05, 0.1) is 13.7 Å². The van der Waals surface area contributed by atoms with Crippen LogP contribution in [0.15, 0.2) is 42.6 Å². The molecule has 1 aromatic heterocycles. The quantitative estimate of drug-likeness (QED) is 0.627. The molecule has 0 atom stereocenters. The van der Waals surface area contributed by atoms with Crippen molar-refractivity contribution in [3.05, 3.63) is 53.7 Å². The van der Waals surface area contributed by atoms with Crippen LogP contribution in [0.1, 0.15) is 11.1 Å². The number of hydrogen-bond donors (Lipinski definition) is 2. The van der Waals surface area contributed by atoms with E-state index in [1.807, 2.05) is 6.07 Å². The fourth-order valence-electron chi connectivity index (χ4n) is 1.86. The first-order chi connectivity index (χ1) is 11.1. The molecule has 2 rings (SSSR count). The van der Waals surface area contributed by atoms with E-state index in [1.165, 1.54) is 19.3 Å². The fourth-order valence-corrected chi connectivity index (χ4v) is 1.86. The van der Waals surface area contributed by atoms with E-state index in [0.29, 0.717) is 18.0 Å². The van der Waals surface area contributed by atoms with Gasteiger partial charge in [0.25, 0.3) is 0 Å². The summed E-state index contributed by atoms with van der Waals surface area (Å²) in [4.78, 5) is 15.6. The van der Waals surface area contributed by atoms with Crippen molar-refractivity contribution in [1.29, 1.82) is 0 Å². The molecule has 120 valence electrons. The Bertz CT molecular complexity index is 696. The van der Waals surface area contributed by atoms with Crippen LogP contribution in [0.3, 0.4) is 0 Å². The number of carbonyl (C=O) groups excluding carboxylic acids is 1. The van der Waals surface area contributed by atoms with Crippen molar-refractivity contribution >= 4 is 17.9 Å². The molecule has 6 heteroatoms. The molecule has 2 aromatic rings. The van der Waals surface area contributed by atoms with Crippen molar-refractivity contribution in [2.45, 2.75) is 6.42 Å². The number of pyridine rings is 1. The Morgan fingerprint density at radius 3 is 2.87 bits per heavy atom. The van der Waals surface area contributed by atoms with E-state index in [2.05, 4.69) is 4.98 Å². The molecule has 0 bridgehead atoms. The van der Waals surface area contributed by atoms with Crippen LogP contribution in [0.4, 0.5) is 5.82 Å². The molecule has 0 aliphatic heterocycles. The third-order valence-corrected chi connectivity index (χ3v) is 3.10. The van der Waals surface area contributed by atoms with E-state index < -0.39 is 5.97 Å². The molecule has 0 saturated carbocycles. The number of nitrogen functional groups attached to an aromatic ring is 1. The van der Waals surface area contributed by atoms with Crippen molar-refractivity contribution in [2.24, 2.45) is 0 Å². The third-order valence-electron chi connectivity index (χ3n) is 3.10. The van der Waals surface area contributed by atoms with Gasteiger partial charge in [-0.2, -0.15) is 0 Å². The second-order valence-corrected chi connectivity index (χ2v) is 4.77. The van der Waals surface area contributed by atoms with Crippen molar-refractivity contribution in [3.8, 4) is 11.5 Å². The van der Waals surface area contributed by atoms with Crippen molar-refractivity contribution in [1.82, 2.24) is 4.98 Å². The van der Waals surface area contributed by atoms with Gasteiger partial charge in [-0.05, 0) is 35.4 Å². The summed E-state index contributed by atoms with van der Waals surface area (Å²) in [6.45, 7) is 0.258. The number of aromatic hydroxyl groups is 1. The number of ether oxygens (including phenoxy) is 2. The fraction of sp³-hybridized carbons (Fsp3) is 0.176. The maximum atomic E-state index is 11.7. The molecule has 0 aliphatic carbocycles. The molecule has 0 amide bonds. The molecule has 23 heavy (non-hydrogen) atoms. The highest BCUT2D eigenvalue weighted by atomic mass is 16.5. The Hall–Kier alpha value is -3.02. The van der Waals surface area contributed by atoms with Crippen molar-refractivity contribution in [2.75, 3.05) is 19.5 Å². The predicted molar refractivity (Wildman–Crippen MR) is 87.0 cm³/mol. The average Bonchev–Trinajstić information content (AvgIpc) is 2.56. The first kappa shape index (κ1) is 16.4. The van der Waals surface area contributed by atoms with Crippen LogP contribution >= 0.6 is 0 Å². The Morgan fingerprint density at radius 1 is 1.35 bits per heavy atom. The summed E-state index contributed by atoms with van der Waals surface area (Å²) in [5, 5.41) is 9.50. The molecule has 1 aromatic carbocycles. The first-order valence-corrected chi connectivity index (χ1v) is 7.01. The molecule has 3 N–H and O–H groups in total. The van der Waals surface area contributed by atoms with Gasteiger partial charge in [-0.15, -0.1) is 0 Å². The monoisotopic (exact) mass is 314 g/mol. The SMILES string of the molecule is COc1cc(/C=C/C(=O)OCCc2ccc(N)nc2)ccc1O. The number of aromatic nitrogens is 1. The maximum absolute atomic E-state index is 11.7. The minimum absolute atomic E-state index is 0.0457. The van der Waals surface area contributed by atoms with E-state index in [4.69, 9.17) is 15.2 Å². The van der Waals surface area contributed by atoms with E-state index in [9.17, 15) is 9.90 Å². The zero-order valence-corrected chi connectivity index (χ0v) is 12.7. The van der Waals surface area contributed by atoms with Gasteiger partial charge < -0.3 is 20.3 Å². The minimum Gasteiger partial charge on any atom is -0.504 e. The molecule has 0 fully saturated rings. The topological polar surface area (TPSA) is 94.7 Å². The van der Waals surface area contributed by atoms with Crippen LogP contribution in [-0.4, -0.2) is 29.8 Å². The lowest BCUT2D eigenvalue weighted by molar-refractivity contribution is -0.137. The molecule has 1 heterocycles. The summed E-state index contributed by atoms with van der Waals surface area (Å²) in [5.74, 6) is 0.402. The van der Waals surface area contributed by atoms with Crippen LogP contribution in [0.25, 0.3) is 6.08 Å². The molecule has 0 spiro atoms. The number of anilines is 1. The lowest BCUT2D eigenvalue weighted by atomic mass is 10.2. The highest BCUT2D eigenvalue weighted by Gasteiger charge is 2.02. The number of methoxy groups -OCH3 is 1. The normalized spacial score (nSPS) is 10.7. The molecule has 0 radical (unpaired) electrons. The zero-order chi connectivity index (χ0) is 16.7. The predicted octanol–water partition coefficient (Wildman–Crippen LogP) is 2.18. The van der Waals surface area contributed by atoms with Crippen LogP contribution in [0.2, 0.25) is 0 Å². The van der Waals surface area contributed by atoms with Gasteiger partial charge in [0.2, 0.25) is 0 Å². The second kappa shape index (κ2) is 7.84. The number of rotatable bonds is 6. The first-order valence-electron chi connectivity index (χ1n) is 7.01. The lowest BCUT2D eigenvalue weighted by Gasteiger charge is -2.04. The van der Waals surface area contributed by atoms with Gasteiger partial charge in [-0.1, -0.05) is 12.1 Å². The summed E-state index contributed by atoms with van der Waals surface area (Å²) in [6.07, 6.45) is 5.14. The number of carbonyl (C=O) groups is 1. The summed E-state index contributed by atoms with van der Waals surface area (Å²) in [6, 6.07) is 8.34. The largest absolute Gasteiger partial charge is 0.504 e. The van der Waals surface area contributed by atoms with Crippen LogP contribution < -0.4 is 10.5 Å².